The number of nitrogens with two attached hydrogens (primary N) is 1. The van der Waals surface area contributed by atoms with Crippen LogP contribution in [-0.2, 0) is 4.74 Å². The lowest BCUT2D eigenvalue weighted by molar-refractivity contribution is 0.0186. The van der Waals surface area contributed by atoms with Gasteiger partial charge in [0.2, 0.25) is 0 Å². The summed E-state index contributed by atoms with van der Waals surface area (Å²) in [7, 11) is 0. The maximum Gasteiger partial charge on any atom is 0.189 e. The first-order chi connectivity index (χ1) is 10.3. The average Bonchev–Trinajstić information content (AvgIpc) is 2.85. The summed E-state index contributed by atoms with van der Waals surface area (Å²) in [6.07, 6.45) is 0. The van der Waals surface area contributed by atoms with Gasteiger partial charge in [-0.2, -0.15) is 0 Å². The molecule has 1 aromatic rings. The van der Waals surface area contributed by atoms with E-state index < -0.39 is 0 Å². The molecule has 0 aliphatic carbocycles. The molecule has 0 saturated carbocycles. The van der Waals surface area contributed by atoms with Gasteiger partial charge in [0, 0.05) is 28.4 Å². The molecule has 23 heavy (non-hydrogen) atoms. The van der Waals surface area contributed by atoms with Crippen molar-refractivity contribution in [1.29, 1.82) is 0 Å². The van der Waals surface area contributed by atoms with Crippen LogP contribution >= 0.6 is 35.3 Å². The standard InChI is InChI=1S/C16H28N4OS.HI/c1-12-5-6-14(22-12)13(20-7-9-21-10-8-20)11-18-15(17)19-16(2,3)4;/h5-6,13H,7-11H2,1-4H3,(H3,17,18,19);1H. The van der Waals surface area contributed by atoms with Gasteiger partial charge >= 0.3 is 0 Å². The predicted octanol–water partition coefficient (Wildman–Crippen LogP) is 2.75. The normalized spacial score (nSPS) is 18.3. The maximum absolute atomic E-state index is 6.02. The van der Waals surface area contributed by atoms with Crippen LogP contribution in [0, 0.1) is 6.92 Å². The first-order valence-corrected chi connectivity index (χ1v) is 8.63. The van der Waals surface area contributed by atoms with Gasteiger partial charge in [-0.25, -0.2) is 0 Å². The highest BCUT2D eigenvalue weighted by Gasteiger charge is 2.24. The number of ether oxygens (including phenoxy) is 1. The van der Waals surface area contributed by atoms with Gasteiger partial charge in [0.05, 0.1) is 25.8 Å². The van der Waals surface area contributed by atoms with Gasteiger partial charge in [-0.05, 0) is 39.8 Å². The highest BCUT2D eigenvalue weighted by molar-refractivity contribution is 14.0. The zero-order valence-electron chi connectivity index (χ0n) is 14.5. The summed E-state index contributed by atoms with van der Waals surface area (Å²) < 4.78 is 5.47. The number of hydrogen-bond acceptors (Lipinski definition) is 4. The molecule has 1 aromatic heterocycles. The number of rotatable bonds is 4. The van der Waals surface area contributed by atoms with E-state index in [2.05, 4.69) is 55.0 Å². The molecule has 1 atom stereocenters. The molecule has 132 valence electrons. The van der Waals surface area contributed by atoms with Crippen molar-refractivity contribution in [2.45, 2.75) is 39.3 Å². The third-order valence-electron chi connectivity index (χ3n) is 3.51. The first kappa shape index (κ1) is 20.7. The molecule has 1 aliphatic heterocycles. The van der Waals surface area contributed by atoms with Crippen molar-refractivity contribution in [2.75, 3.05) is 32.8 Å². The van der Waals surface area contributed by atoms with E-state index >= 15 is 0 Å². The minimum atomic E-state index is -0.0679. The number of hydrogen-bond donors (Lipinski definition) is 2. The van der Waals surface area contributed by atoms with E-state index in [9.17, 15) is 0 Å². The number of nitrogens with one attached hydrogen (secondary N) is 1. The van der Waals surface area contributed by atoms with Crippen LogP contribution in [0.15, 0.2) is 17.1 Å². The van der Waals surface area contributed by atoms with E-state index in [-0.39, 0.29) is 35.6 Å². The first-order valence-electron chi connectivity index (χ1n) is 7.81. The van der Waals surface area contributed by atoms with Crippen molar-refractivity contribution >= 4 is 41.3 Å². The molecular weight excluding hydrogens is 423 g/mol. The highest BCUT2D eigenvalue weighted by atomic mass is 127. The Labute approximate surface area is 160 Å². The molecular formula is C16H29IN4OS. The van der Waals surface area contributed by atoms with Crippen LogP contribution in [0.5, 0.6) is 0 Å². The second-order valence-electron chi connectivity index (χ2n) is 6.71. The van der Waals surface area contributed by atoms with E-state index in [4.69, 9.17) is 10.5 Å². The summed E-state index contributed by atoms with van der Waals surface area (Å²) in [5.41, 5.74) is 5.95. The fraction of sp³-hybridized carbons (Fsp3) is 0.688. The number of morpholine rings is 1. The largest absolute Gasteiger partial charge is 0.379 e. The van der Waals surface area contributed by atoms with Crippen molar-refractivity contribution in [3.63, 3.8) is 0 Å². The zero-order chi connectivity index (χ0) is 16.2. The van der Waals surface area contributed by atoms with Gasteiger partial charge in [0.25, 0.3) is 0 Å². The third kappa shape index (κ3) is 6.94. The molecule has 1 unspecified atom stereocenters. The Morgan fingerprint density at radius 2 is 2.04 bits per heavy atom. The number of guanidine groups is 1. The number of aliphatic imine (C=N–C) groups is 1. The van der Waals surface area contributed by atoms with Gasteiger partial charge in [-0.3, -0.25) is 9.89 Å². The van der Waals surface area contributed by atoms with Crippen LogP contribution in [0.4, 0.5) is 0 Å². The molecule has 0 amide bonds. The number of halogens is 1. The lowest BCUT2D eigenvalue weighted by atomic mass is 10.1. The fourth-order valence-electron chi connectivity index (χ4n) is 2.52. The third-order valence-corrected chi connectivity index (χ3v) is 4.62. The van der Waals surface area contributed by atoms with Crippen LogP contribution in [0.25, 0.3) is 0 Å². The molecule has 1 aliphatic rings. The van der Waals surface area contributed by atoms with Crippen molar-refractivity contribution in [2.24, 2.45) is 10.7 Å². The molecule has 3 N–H and O–H groups in total. The Morgan fingerprint density at radius 3 is 2.57 bits per heavy atom. The van der Waals surface area contributed by atoms with Crippen LogP contribution < -0.4 is 11.1 Å². The van der Waals surface area contributed by atoms with Gasteiger partial charge in [-0.1, -0.05) is 0 Å². The summed E-state index contributed by atoms with van der Waals surface area (Å²) in [6.45, 7) is 12.5. The average molecular weight is 452 g/mol. The molecule has 1 fully saturated rings. The van der Waals surface area contributed by atoms with E-state index in [0.717, 1.165) is 26.3 Å². The lowest BCUT2D eigenvalue weighted by Gasteiger charge is -2.33. The van der Waals surface area contributed by atoms with Gasteiger partial charge < -0.3 is 15.8 Å². The van der Waals surface area contributed by atoms with Crippen LogP contribution in [0.1, 0.15) is 36.6 Å². The molecule has 1 saturated heterocycles. The molecule has 0 radical (unpaired) electrons. The molecule has 0 aromatic carbocycles. The van der Waals surface area contributed by atoms with E-state index in [1.165, 1.54) is 9.75 Å². The summed E-state index contributed by atoms with van der Waals surface area (Å²) in [5.74, 6) is 0.513. The Bertz CT molecular complexity index is 506. The molecule has 5 nitrogen and oxygen atoms in total. The fourth-order valence-corrected chi connectivity index (χ4v) is 3.52. The lowest BCUT2D eigenvalue weighted by Crippen LogP contribution is -2.45. The van der Waals surface area contributed by atoms with Crippen molar-refractivity contribution in [3.05, 3.63) is 21.9 Å². The number of aryl methyl sites for hydroxylation is 1. The van der Waals surface area contributed by atoms with E-state index in [0.29, 0.717) is 12.5 Å². The van der Waals surface area contributed by atoms with E-state index in [1.54, 1.807) is 0 Å². The number of nitrogens with zero attached hydrogens (tertiary/aromatic N) is 2. The maximum atomic E-state index is 6.02. The second-order valence-corrected chi connectivity index (χ2v) is 8.03. The quantitative estimate of drug-likeness (QED) is 0.419. The summed E-state index contributed by atoms with van der Waals surface area (Å²) >= 11 is 1.84. The van der Waals surface area contributed by atoms with Crippen molar-refractivity contribution < 1.29 is 4.74 Å². The monoisotopic (exact) mass is 452 g/mol. The van der Waals surface area contributed by atoms with Crippen LogP contribution in [0.2, 0.25) is 0 Å². The molecule has 0 spiro atoms. The van der Waals surface area contributed by atoms with Crippen LogP contribution in [0.3, 0.4) is 0 Å². The van der Waals surface area contributed by atoms with Gasteiger partial charge in [-0.15, -0.1) is 35.3 Å². The van der Waals surface area contributed by atoms with Crippen molar-refractivity contribution in [1.82, 2.24) is 10.2 Å². The zero-order valence-corrected chi connectivity index (χ0v) is 17.6. The van der Waals surface area contributed by atoms with Gasteiger partial charge in [0.1, 0.15) is 0 Å². The smallest absolute Gasteiger partial charge is 0.189 e. The van der Waals surface area contributed by atoms with Gasteiger partial charge in [0.15, 0.2) is 5.96 Å². The summed E-state index contributed by atoms with van der Waals surface area (Å²) in [5, 5.41) is 3.22. The van der Waals surface area contributed by atoms with E-state index in [1.807, 2.05) is 11.3 Å². The summed E-state index contributed by atoms with van der Waals surface area (Å²) in [4.78, 5) is 9.71. The Kier molecular flexibility index (Phi) is 8.26. The van der Waals surface area contributed by atoms with Crippen molar-refractivity contribution in [3.8, 4) is 0 Å². The Morgan fingerprint density at radius 1 is 1.39 bits per heavy atom. The molecule has 2 heterocycles. The predicted molar refractivity (Wildman–Crippen MR) is 109 cm³/mol. The Balaban J connectivity index is 0.00000264. The summed E-state index contributed by atoms with van der Waals surface area (Å²) in [6, 6.07) is 4.67. The number of thiophene rings is 1. The molecule has 0 bridgehead atoms. The molecule has 7 heteroatoms. The second kappa shape index (κ2) is 9.19. The SMILES string of the molecule is Cc1ccc(C(CN=C(N)NC(C)(C)C)N2CCOCC2)s1.I. The topological polar surface area (TPSA) is 62.9 Å². The minimum absolute atomic E-state index is 0. The Hall–Kier alpha value is -0.380. The molecule has 2 rings (SSSR count). The highest BCUT2D eigenvalue weighted by Crippen LogP contribution is 2.28. The minimum Gasteiger partial charge on any atom is -0.379 e. The van der Waals surface area contributed by atoms with Crippen LogP contribution in [-0.4, -0.2) is 49.2 Å².